The van der Waals surface area contributed by atoms with E-state index in [-0.39, 0.29) is 5.91 Å². The molecule has 0 radical (unpaired) electrons. The molecular weight excluding hydrogens is 300 g/mol. The van der Waals surface area contributed by atoms with Gasteiger partial charge in [-0.3, -0.25) is 4.79 Å². The fourth-order valence-electron chi connectivity index (χ4n) is 3.15. The zero-order chi connectivity index (χ0) is 16.8. The molecule has 1 heterocycles. The van der Waals surface area contributed by atoms with Crippen molar-refractivity contribution in [3.8, 4) is 5.75 Å². The molecule has 0 saturated carbocycles. The first-order valence-electron chi connectivity index (χ1n) is 8.53. The first kappa shape index (κ1) is 16.4. The number of ether oxygens (including phenoxy) is 1. The maximum Gasteiger partial charge on any atom is 0.249 e. The molecule has 1 aliphatic heterocycles. The highest BCUT2D eigenvalue weighted by Crippen LogP contribution is 2.29. The Morgan fingerprint density at radius 2 is 1.67 bits per heavy atom. The molecule has 2 aromatic rings. The Hall–Kier alpha value is -2.49. The lowest BCUT2D eigenvalue weighted by Crippen LogP contribution is -2.41. The molecule has 4 heteroatoms. The Morgan fingerprint density at radius 1 is 1.00 bits per heavy atom. The number of carbonyl (C=O) groups excluding carboxylic acids is 1. The number of rotatable bonds is 5. The van der Waals surface area contributed by atoms with Gasteiger partial charge in [0.05, 0.1) is 12.8 Å². The third-order valence-corrected chi connectivity index (χ3v) is 4.45. The number of nitrogens with zero attached hydrogens (tertiary/aromatic N) is 1. The number of hydrogen-bond acceptors (Lipinski definition) is 3. The lowest BCUT2D eigenvalue weighted by molar-refractivity contribution is -0.133. The monoisotopic (exact) mass is 324 g/mol. The van der Waals surface area contributed by atoms with Crippen molar-refractivity contribution in [3.05, 3.63) is 60.2 Å². The van der Waals surface area contributed by atoms with E-state index in [2.05, 4.69) is 5.32 Å². The summed E-state index contributed by atoms with van der Waals surface area (Å²) in [6.07, 6.45) is 3.38. The number of hydrogen-bond donors (Lipinski definition) is 1. The van der Waals surface area contributed by atoms with Crippen LogP contribution in [0.2, 0.25) is 0 Å². The molecule has 1 amide bonds. The van der Waals surface area contributed by atoms with Gasteiger partial charge in [-0.15, -0.1) is 0 Å². The van der Waals surface area contributed by atoms with Crippen molar-refractivity contribution in [1.29, 1.82) is 0 Å². The minimum Gasteiger partial charge on any atom is -0.495 e. The number of piperidine rings is 1. The number of para-hydroxylation sites is 2. The minimum atomic E-state index is -0.402. The fourth-order valence-corrected chi connectivity index (χ4v) is 3.15. The second-order valence-electron chi connectivity index (χ2n) is 6.07. The maximum atomic E-state index is 13.1. The molecule has 1 N–H and O–H groups in total. The SMILES string of the molecule is COc1ccccc1N[C@@H](C(=O)N1CCCCC1)c1ccccc1. The van der Waals surface area contributed by atoms with Crippen LogP contribution >= 0.6 is 0 Å². The molecule has 0 aromatic heterocycles. The van der Waals surface area contributed by atoms with E-state index in [9.17, 15) is 4.79 Å². The van der Waals surface area contributed by atoms with Crippen molar-refractivity contribution >= 4 is 11.6 Å². The number of methoxy groups -OCH3 is 1. The van der Waals surface area contributed by atoms with E-state index in [1.54, 1.807) is 7.11 Å². The molecule has 3 rings (SSSR count). The van der Waals surface area contributed by atoms with Gasteiger partial charge in [-0.05, 0) is 37.0 Å². The van der Waals surface area contributed by atoms with Crippen LogP contribution in [0.4, 0.5) is 5.69 Å². The van der Waals surface area contributed by atoms with Gasteiger partial charge in [-0.1, -0.05) is 42.5 Å². The Balaban J connectivity index is 1.89. The third kappa shape index (κ3) is 3.70. The Kier molecular flexibility index (Phi) is 5.36. The van der Waals surface area contributed by atoms with Crippen LogP contribution in [0.5, 0.6) is 5.75 Å². The Bertz CT molecular complexity index is 666. The quantitative estimate of drug-likeness (QED) is 0.908. The zero-order valence-electron chi connectivity index (χ0n) is 14.1. The molecular formula is C20H24N2O2. The molecule has 2 aromatic carbocycles. The summed E-state index contributed by atoms with van der Waals surface area (Å²) in [7, 11) is 1.64. The van der Waals surface area contributed by atoms with Gasteiger partial charge in [0.15, 0.2) is 0 Å². The van der Waals surface area contributed by atoms with Gasteiger partial charge in [0.25, 0.3) is 0 Å². The predicted octanol–water partition coefficient (Wildman–Crippen LogP) is 3.86. The van der Waals surface area contributed by atoms with E-state index >= 15 is 0 Å². The number of anilines is 1. The van der Waals surface area contributed by atoms with Crippen molar-refractivity contribution in [3.63, 3.8) is 0 Å². The van der Waals surface area contributed by atoms with Crippen molar-refractivity contribution < 1.29 is 9.53 Å². The molecule has 126 valence electrons. The largest absolute Gasteiger partial charge is 0.495 e. The van der Waals surface area contributed by atoms with E-state index in [0.29, 0.717) is 0 Å². The Labute approximate surface area is 143 Å². The number of amides is 1. The molecule has 1 fully saturated rings. The van der Waals surface area contributed by atoms with Crippen LogP contribution < -0.4 is 10.1 Å². The van der Waals surface area contributed by atoms with Gasteiger partial charge in [-0.2, -0.15) is 0 Å². The summed E-state index contributed by atoms with van der Waals surface area (Å²) in [5, 5.41) is 3.40. The van der Waals surface area contributed by atoms with E-state index < -0.39 is 6.04 Å². The molecule has 0 bridgehead atoms. The van der Waals surface area contributed by atoms with E-state index in [4.69, 9.17) is 4.74 Å². The lowest BCUT2D eigenvalue weighted by atomic mass is 10.0. The fraction of sp³-hybridized carbons (Fsp3) is 0.350. The van der Waals surface area contributed by atoms with Gasteiger partial charge < -0.3 is 15.0 Å². The second-order valence-corrected chi connectivity index (χ2v) is 6.07. The van der Waals surface area contributed by atoms with Crippen LogP contribution in [-0.4, -0.2) is 31.0 Å². The molecule has 0 unspecified atom stereocenters. The van der Waals surface area contributed by atoms with Crippen molar-refractivity contribution in [2.45, 2.75) is 25.3 Å². The van der Waals surface area contributed by atoms with E-state index in [0.717, 1.165) is 42.9 Å². The number of carbonyl (C=O) groups is 1. The highest BCUT2D eigenvalue weighted by molar-refractivity contribution is 5.86. The van der Waals surface area contributed by atoms with Crippen LogP contribution in [0.1, 0.15) is 30.9 Å². The summed E-state index contributed by atoms with van der Waals surface area (Å²) in [4.78, 5) is 15.1. The first-order valence-corrected chi connectivity index (χ1v) is 8.53. The number of nitrogens with one attached hydrogen (secondary N) is 1. The number of likely N-dealkylation sites (tertiary alicyclic amines) is 1. The predicted molar refractivity (Wildman–Crippen MR) is 96.2 cm³/mol. The highest BCUT2D eigenvalue weighted by atomic mass is 16.5. The van der Waals surface area contributed by atoms with Crippen LogP contribution in [0.25, 0.3) is 0 Å². The van der Waals surface area contributed by atoms with Crippen LogP contribution in [0.3, 0.4) is 0 Å². The standard InChI is InChI=1S/C20H24N2O2/c1-24-18-13-7-6-12-17(18)21-19(16-10-4-2-5-11-16)20(23)22-14-8-3-9-15-22/h2,4-7,10-13,19,21H,3,8-9,14-15H2,1H3/t19-/m1/s1. The molecule has 4 nitrogen and oxygen atoms in total. The van der Waals surface area contributed by atoms with Gasteiger partial charge >= 0.3 is 0 Å². The first-order chi connectivity index (χ1) is 11.8. The average Bonchev–Trinajstić information content (AvgIpc) is 2.67. The average molecular weight is 324 g/mol. The molecule has 0 aliphatic carbocycles. The van der Waals surface area contributed by atoms with Crippen molar-refractivity contribution in [2.24, 2.45) is 0 Å². The topological polar surface area (TPSA) is 41.6 Å². The molecule has 1 saturated heterocycles. The van der Waals surface area contributed by atoms with Crippen molar-refractivity contribution in [1.82, 2.24) is 4.90 Å². The number of benzene rings is 2. The smallest absolute Gasteiger partial charge is 0.249 e. The highest BCUT2D eigenvalue weighted by Gasteiger charge is 2.27. The summed E-state index contributed by atoms with van der Waals surface area (Å²) in [5.41, 5.74) is 1.80. The van der Waals surface area contributed by atoms with Crippen LogP contribution in [0.15, 0.2) is 54.6 Å². The van der Waals surface area contributed by atoms with E-state index in [1.807, 2.05) is 59.5 Å². The summed E-state index contributed by atoms with van der Waals surface area (Å²) in [6.45, 7) is 1.69. The summed E-state index contributed by atoms with van der Waals surface area (Å²) in [5.74, 6) is 0.872. The molecule has 1 aliphatic rings. The van der Waals surface area contributed by atoms with Crippen LogP contribution in [-0.2, 0) is 4.79 Å². The second kappa shape index (κ2) is 7.86. The Morgan fingerprint density at radius 3 is 2.38 bits per heavy atom. The molecule has 1 atom stereocenters. The normalized spacial score (nSPS) is 15.6. The van der Waals surface area contributed by atoms with Gasteiger partial charge in [-0.25, -0.2) is 0 Å². The molecule has 24 heavy (non-hydrogen) atoms. The maximum absolute atomic E-state index is 13.1. The summed E-state index contributed by atoms with van der Waals surface area (Å²) in [6, 6.07) is 17.2. The lowest BCUT2D eigenvalue weighted by Gasteiger charge is -2.31. The van der Waals surface area contributed by atoms with E-state index in [1.165, 1.54) is 6.42 Å². The molecule has 0 spiro atoms. The van der Waals surface area contributed by atoms with Gasteiger partial charge in [0.2, 0.25) is 5.91 Å². The van der Waals surface area contributed by atoms with Gasteiger partial charge in [0, 0.05) is 13.1 Å². The zero-order valence-corrected chi connectivity index (χ0v) is 14.1. The third-order valence-electron chi connectivity index (χ3n) is 4.45. The minimum absolute atomic E-state index is 0.131. The van der Waals surface area contributed by atoms with Crippen molar-refractivity contribution in [2.75, 3.05) is 25.5 Å². The summed E-state index contributed by atoms with van der Waals surface area (Å²) < 4.78 is 5.42. The summed E-state index contributed by atoms with van der Waals surface area (Å²) >= 11 is 0. The van der Waals surface area contributed by atoms with Gasteiger partial charge in [0.1, 0.15) is 11.8 Å². The van der Waals surface area contributed by atoms with Crippen LogP contribution in [0, 0.1) is 0 Å².